The van der Waals surface area contributed by atoms with Gasteiger partial charge in [-0.05, 0) is 51.7 Å². The number of rotatable bonds is 4. The Morgan fingerprint density at radius 2 is 2.17 bits per heavy atom. The average molecular weight is 307 g/mol. The Bertz CT molecular complexity index is 531. The number of ether oxygens (including phenoxy) is 1. The van der Waals surface area contributed by atoms with Gasteiger partial charge in [-0.25, -0.2) is 0 Å². The zero-order valence-electron chi connectivity index (χ0n) is 10.1. The highest BCUT2D eigenvalue weighted by Crippen LogP contribution is 2.21. The molecule has 94 valence electrons. The second kappa shape index (κ2) is 5.98. The molecule has 4 heteroatoms. The van der Waals surface area contributed by atoms with Gasteiger partial charge in [0.2, 0.25) is 0 Å². The maximum atomic E-state index is 6.20. The molecule has 0 saturated heterocycles. The van der Waals surface area contributed by atoms with Gasteiger partial charge in [-0.1, -0.05) is 12.1 Å². The van der Waals surface area contributed by atoms with Crippen molar-refractivity contribution in [2.75, 3.05) is 7.11 Å². The third-order valence-corrected chi connectivity index (χ3v) is 3.17. The molecule has 0 aliphatic carbocycles. The van der Waals surface area contributed by atoms with Crippen LogP contribution >= 0.6 is 15.9 Å². The summed E-state index contributed by atoms with van der Waals surface area (Å²) < 4.78 is 6.17. The van der Waals surface area contributed by atoms with Crippen LogP contribution in [-0.4, -0.2) is 12.1 Å². The molecule has 0 aliphatic rings. The second-order valence-electron chi connectivity index (χ2n) is 4.10. The first-order valence-corrected chi connectivity index (χ1v) is 6.47. The van der Waals surface area contributed by atoms with Crippen molar-refractivity contribution in [1.29, 1.82) is 0 Å². The topological polar surface area (TPSA) is 48.1 Å². The smallest absolute Gasteiger partial charge is 0.119 e. The molecular weight excluding hydrogens is 292 g/mol. The molecule has 2 N–H and O–H groups in total. The highest BCUT2D eigenvalue weighted by molar-refractivity contribution is 9.10. The van der Waals surface area contributed by atoms with E-state index in [1.165, 1.54) is 0 Å². The molecular formula is C14H15BrN2O. The van der Waals surface area contributed by atoms with Crippen molar-refractivity contribution in [3.8, 4) is 5.75 Å². The van der Waals surface area contributed by atoms with Gasteiger partial charge in [0.1, 0.15) is 5.75 Å². The van der Waals surface area contributed by atoms with Crippen LogP contribution in [0.1, 0.15) is 17.2 Å². The van der Waals surface area contributed by atoms with E-state index in [4.69, 9.17) is 10.5 Å². The lowest BCUT2D eigenvalue weighted by Crippen LogP contribution is -2.13. The van der Waals surface area contributed by atoms with Gasteiger partial charge in [0.15, 0.2) is 0 Å². The van der Waals surface area contributed by atoms with Gasteiger partial charge in [-0.2, -0.15) is 0 Å². The molecule has 0 radical (unpaired) electrons. The lowest BCUT2D eigenvalue weighted by molar-refractivity contribution is 0.414. The summed E-state index contributed by atoms with van der Waals surface area (Å²) in [7, 11) is 1.66. The maximum Gasteiger partial charge on any atom is 0.119 e. The molecule has 0 spiro atoms. The molecule has 0 aliphatic heterocycles. The molecule has 1 atom stereocenters. The number of hydrogen-bond acceptors (Lipinski definition) is 3. The van der Waals surface area contributed by atoms with Crippen LogP contribution in [0.4, 0.5) is 0 Å². The van der Waals surface area contributed by atoms with Crippen LogP contribution in [0, 0.1) is 0 Å². The number of pyridine rings is 1. The Balaban J connectivity index is 2.13. The van der Waals surface area contributed by atoms with Crippen molar-refractivity contribution in [3.63, 3.8) is 0 Å². The van der Waals surface area contributed by atoms with Crippen LogP contribution in [0.3, 0.4) is 0 Å². The number of nitrogens with two attached hydrogens (primary N) is 1. The number of nitrogens with zero attached hydrogens (tertiary/aromatic N) is 1. The molecule has 18 heavy (non-hydrogen) atoms. The molecule has 0 saturated carbocycles. The molecule has 0 amide bonds. The summed E-state index contributed by atoms with van der Waals surface area (Å²) >= 11 is 3.41. The van der Waals surface area contributed by atoms with Gasteiger partial charge in [-0.3, -0.25) is 4.98 Å². The van der Waals surface area contributed by atoms with E-state index in [2.05, 4.69) is 20.9 Å². The van der Waals surface area contributed by atoms with E-state index in [9.17, 15) is 0 Å². The van der Waals surface area contributed by atoms with Crippen molar-refractivity contribution in [3.05, 3.63) is 58.3 Å². The molecule has 0 fully saturated rings. The van der Waals surface area contributed by atoms with Crippen LogP contribution in [-0.2, 0) is 6.42 Å². The Hall–Kier alpha value is -1.39. The maximum absolute atomic E-state index is 6.20. The van der Waals surface area contributed by atoms with Crippen molar-refractivity contribution < 1.29 is 4.74 Å². The Labute approximate surface area is 115 Å². The van der Waals surface area contributed by atoms with Gasteiger partial charge < -0.3 is 10.5 Å². The van der Waals surface area contributed by atoms with Crippen LogP contribution in [0.25, 0.3) is 0 Å². The van der Waals surface area contributed by atoms with E-state index in [-0.39, 0.29) is 6.04 Å². The normalized spacial score (nSPS) is 12.2. The zero-order chi connectivity index (χ0) is 13.0. The fraction of sp³-hybridized carbons (Fsp3) is 0.214. The number of benzene rings is 1. The summed E-state index contributed by atoms with van der Waals surface area (Å²) in [4.78, 5) is 4.14. The van der Waals surface area contributed by atoms with Gasteiger partial charge in [0.05, 0.1) is 7.11 Å². The van der Waals surface area contributed by atoms with Gasteiger partial charge in [-0.15, -0.1) is 0 Å². The first kappa shape index (κ1) is 13.1. The van der Waals surface area contributed by atoms with Gasteiger partial charge in [0, 0.05) is 22.9 Å². The summed E-state index contributed by atoms with van der Waals surface area (Å²) in [5, 5.41) is 0. The molecule has 2 rings (SSSR count). The number of methoxy groups -OCH3 is 1. The fourth-order valence-corrected chi connectivity index (χ4v) is 2.22. The largest absolute Gasteiger partial charge is 0.497 e. The SMILES string of the molecule is COc1cccc(C(N)Cc2cncc(Br)c2)c1. The van der Waals surface area contributed by atoms with E-state index in [0.29, 0.717) is 0 Å². The Kier molecular flexibility index (Phi) is 4.33. The third kappa shape index (κ3) is 3.31. The minimum atomic E-state index is -0.0591. The van der Waals surface area contributed by atoms with Crippen molar-refractivity contribution in [2.24, 2.45) is 5.73 Å². The molecule has 1 aromatic carbocycles. The van der Waals surface area contributed by atoms with Crippen molar-refractivity contribution in [1.82, 2.24) is 4.98 Å². The summed E-state index contributed by atoms with van der Waals surface area (Å²) in [5.74, 6) is 0.829. The van der Waals surface area contributed by atoms with Crippen LogP contribution in [0.2, 0.25) is 0 Å². The quantitative estimate of drug-likeness (QED) is 0.944. The Morgan fingerprint density at radius 1 is 1.33 bits per heavy atom. The van der Waals surface area contributed by atoms with Crippen LogP contribution in [0.5, 0.6) is 5.75 Å². The van der Waals surface area contributed by atoms with Crippen molar-refractivity contribution >= 4 is 15.9 Å². The summed E-state index contributed by atoms with van der Waals surface area (Å²) in [6.07, 6.45) is 4.35. The van der Waals surface area contributed by atoms with Crippen LogP contribution < -0.4 is 10.5 Å². The first-order chi connectivity index (χ1) is 8.69. The van der Waals surface area contributed by atoms with Crippen molar-refractivity contribution in [2.45, 2.75) is 12.5 Å². The van der Waals surface area contributed by atoms with E-state index in [0.717, 1.165) is 27.8 Å². The Morgan fingerprint density at radius 3 is 2.89 bits per heavy atom. The van der Waals surface area contributed by atoms with E-state index >= 15 is 0 Å². The van der Waals surface area contributed by atoms with Gasteiger partial charge >= 0.3 is 0 Å². The molecule has 0 bridgehead atoms. The predicted molar refractivity (Wildman–Crippen MR) is 75.6 cm³/mol. The standard InChI is InChI=1S/C14H15BrN2O/c1-18-13-4-2-3-11(7-13)14(16)6-10-5-12(15)9-17-8-10/h2-5,7-9,14H,6,16H2,1H3. The summed E-state index contributed by atoms with van der Waals surface area (Å²) in [6.45, 7) is 0. The minimum absolute atomic E-state index is 0.0591. The van der Waals surface area contributed by atoms with E-state index in [1.807, 2.05) is 36.5 Å². The average Bonchev–Trinajstić information content (AvgIpc) is 2.39. The van der Waals surface area contributed by atoms with Crippen LogP contribution in [0.15, 0.2) is 47.2 Å². The molecule has 1 heterocycles. The lowest BCUT2D eigenvalue weighted by Gasteiger charge is -2.13. The highest BCUT2D eigenvalue weighted by Gasteiger charge is 2.08. The van der Waals surface area contributed by atoms with E-state index < -0.39 is 0 Å². The molecule has 2 aromatic rings. The summed E-state index contributed by atoms with van der Waals surface area (Å²) in [5.41, 5.74) is 8.38. The zero-order valence-corrected chi connectivity index (χ0v) is 11.7. The van der Waals surface area contributed by atoms with E-state index in [1.54, 1.807) is 13.3 Å². The minimum Gasteiger partial charge on any atom is -0.497 e. The predicted octanol–water partition coefficient (Wildman–Crippen LogP) is 3.10. The second-order valence-corrected chi connectivity index (χ2v) is 5.01. The fourth-order valence-electron chi connectivity index (χ4n) is 1.81. The third-order valence-electron chi connectivity index (χ3n) is 2.74. The monoisotopic (exact) mass is 306 g/mol. The lowest BCUT2D eigenvalue weighted by atomic mass is 10.0. The molecule has 1 unspecified atom stereocenters. The number of hydrogen-bond donors (Lipinski definition) is 1. The molecule has 1 aromatic heterocycles. The number of aromatic nitrogens is 1. The molecule has 3 nitrogen and oxygen atoms in total. The number of halogens is 1. The highest BCUT2D eigenvalue weighted by atomic mass is 79.9. The summed E-state index contributed by atoms with van der Waals surface area (Å²) in [6, 6.07) is 9.82. The first-order valence-electron chi connectivity index (χ1n) is 5.68. The van der Waals surface area contributed by atoms with Gasteiger partial charge in [0.25, 0.3) is 0 Å².